The number of fused-ring (bicyclic) bond motifs is 2. The highest BCUT2D eigenvalue weighted by molar-refractivity contribution is 5.95. The molecule has 0 saturated carbocycles. The first-order chi connectivity index (χ1) is 17.6. The van der Waals surface area contributed by atoms with Gasteiger partial charge in [0, 0.05) is 58.2 Å². The van der Waals surface area contributed by atoms with Crippen molar-refractivity contribution < 1.29 is 13.5 Å². The van der Waals surface area contributed by atoms with Crippen LogP contribution in [0.4, 0.5) is 20.4 Å². The highest BCUT2D eigenvalue weighted by atomic mass is 35.5. The van der Waals surface area contributed by atoms with Crippen molar-refractivity contribution in [2.24, 2.45) is 0 Å². The number of rotatable bonds is 7. The van der Waals surface area contributed by atoms with Crippen LogP contribution in [-0.2, 0) is 6.54 Å². The van der Waals surface area contributed by atoms with Crippen molar-refractivity contribution in [1.82, 2.24) is 24.8 Å². The number of para-hydroxylation sites is 1. The van der Waals surface area contributed by atoms with Gasteiger partial charge in [0.05, 0.1) is 6.54 Å². The van der Waals surface area contributed by atoms with E-state index in [4.69, 9.17) is 4.98 Å². The normalized spacial score (nSPS) is 13.5. The summed E-state index contributed by atoms with van der Waals surface area (Å²) in [5, 5.41) is 8.68. The van der Waals surface area contributed by atoms with Crippen molar-refractivity contribution in [3.8, 4) is 5.75 Å². The molecule has 7 nitrogen and oxygen atoms in total. The van der Waals surface area contributed by atoms with Gasteiger partial charge in [0.15, 0.2) is 0 Å². The summed E-state index contributed by atoms with van der Waals surface area (Å²) in [6, 6.07) is 14.8. The van der Waals surface area contributed by atoms with E-state index in [1.807, 2.05) is 29.0 Å². The number of aromatic amines is 1. The number of ether oxygens (including phenoxy) is 1. The van der Waals surface area contributed by atoms with E-state index in [0.29, 0.717) is 23.7 Å². The van der Waals surface area contributed by atoms with E-state index < -0.39 is 6.61 Å². The van der Waals surface area contributed by atoms with Gasteiger partial charge in [-0.1, -0.05) is 24.3 Å². The van der Waals surface area contributed by atoms with Gasteiger partial charge in [-0.05, 0) is 48.9 Å². The van der Waals surface area contributed by atoms with Crippen LogP contribution in [0.5, 0.6) is 5.75 Å². The molecule has 190 valence electrons. The van der Waals surface area contributed by atoms with Crippen molar-refractivity contribution in [3.63, 3.8) is 0 Å². The molecule has 2 aromatic carbocycles. The Morgan fingerprint density at radius 3 is 2.86 bits per heavy atom. The minimum absolute atomic E-state index is 0. The van der Waals surface area contributed by atoms with Crippen molar-refractivity contribution in [2.75, 3.05) is 18.4 Å². The molecule has 1 aliphatic heterocycles. The van der Waals surface area contributed by atoms with Gasteiger partial charge in [-0.2, -0.15) is 13.8 Å². The molecule has 10 heteroatoms. The zero-order valence-electron chi connectivity index (χ0n) is 19.7. The fraction of sp³-hybridized carbons (Fsp3) is 0.185. The maximum atomic E-state index is 12.8. The van der Waals surface area contributed by atoms with Crippen LogP contribution < -0.4 is 15.4 Å². The molecule has 0 bridgehead atoms. The molecular formula is C27H25ClF2N6O. The Morgan fingerprint density at radius 1 is 1.14 bits per heavy atom. The summed E-state index contributed by atoms with van der Waals surface area (Å²) in [6.07, 6.45) is 8.92. The maximum Gasteiger partial charge on any atom is 0.387 e. The molecule has 0 aliphatic carbocycles. The Balaban J connectivity index is 0.00000280. The van der Waals surface area contributed by atoms with Crippen molar-refractivity contribution >= 4 is 51.6 Å². The van der Waals surface area contributed by atoms with Crippen molar-refractivity contribution in [3.05, 3.63) is 84.3 Å². The molecule has 0 atom stereocenters. The predicted molar refractivity (Wildman–Crippen MR) is 144 cm³/mol. The molecule has 6 rings (SSSR count). The fourth-order valence-corrected chi connectivity index (χ4v) is 4.65. The summed E-state index contributed by atoms with van der Waals surface area (Å²) < 4.78 is 32.3. The molecule has 4 heterocycles. The largest absolute Gasteiger partial charge is 0.434 e. The van der Waals surface area contributed by atoms with Crippen LogP contribution in [0, 0.1) is 0 Å². The van der Waals surface area contributed by atoms with Gasteiger partial charge in [-0.3, -0.25) is 0 Å². The predicted octanol–water partition coefficient (Wildman–Crippen LogP) is 6.10. The number of aromatic nitrogens is 4. The molecule has 3 N–H and O–H groups in total. The quantitative estimate of drug-likeness (QED) is 0.240. The number of H-pyrrole nitrogens is 1. The lowest BCUT2D eigenvalue weighted by Gasteiger charge is -2.13. The molecule has 0 fully saturated rings. The molecule has 0 spiro atoms. The van der Waals surface area contributed by atoms with E-state index in [-0.39, 0.29) is 18.2 Å². The molecule has 0 radical (unpaired) electrons. The Kier molecular flexibility index (Phi) is 7.07. The van der Waals surface area contributed by atoms with Crippen LogP contribution in [-0.4, -0.2) is 39.2 Å². The lowest BCUT2D eigenvalue weighted by Crippen LogP contribution is -2.19. The summed E-state index contributed by atoms with van der Waals surface area (Å²) in [5.74, 6) is 0.610. The first kappa shape index (κ1) is 24.7. The van der Waals surface area contributed by atoms with Gasteiger partial charge in [-0.15, -0.1) is 12.4 Å². The Labute approximate surface area is 218 Å². The maximum absolute atomic E-state index is 12.8. The molecule has 0 unspecified atom stereocenters. The van der Waals surface area contributed by atoms with Gasteiger partial charge in [-0.25, -0.2) is 4.98 Å². The third kappa shape index (κ3) is 5.14. The summed E-state index contributed by atoms with van der Waals surface area (Å²) in [7, 11) is 0. The van der Waals surface area contributed by atoms with Crippen molar-refractivity contribution in [1.29, 1.82) is 0 Å². The van der Waals surface area contributed by atoms with Crippen LogP contribution in [0.2, 0.25) is 0 Å². The first-order valence-corrected chi connectivity index (χ1v) is 11.8. The minimum Gasteiger partial charge on any atom is -0.434 e. The average Bonchev–Trinajstić information content (AvgIpc) is 3.49. The highest BCUT2D eigenvalue weighted by Gasteiger charge is 2.14. The van der Waals surface area contributed by atoms with Gasteiger partial charge in [0.1, 0.15) is 11.4 Å². The first-order valence-electron chi connectivity index (χ1n) is 11.8. The van der Waals surface area contributed by atoms with Crippen LogP contribution in [0.1, 0.15) is 17.5 Å². The zero-order chi connectivity index (χ0) is 24.5. The number of alkyl halides is 2. The third-order valence-electron chi connectivity index (χ3n) is 6.38. The number of hydrogen-bond donors (Lipinski definition) is 3. The Bertz CT molecular complexity index is 1580. The Hall–Kier alpha value is -3.95. The zero-order valence-corrected chi connectivity index (χ0v) is 20.6. The topological polar surface area (TPSA) is 79.8 Å². The molecular weight excluding hydrogens is 498 g/mol. The monoisotopic (exact) mass is 522 g/mol. The van der Waals surface area contributed by atoms with E-state index in [9.17, 15) is 8.78 Å². The average molecular weight is 523 g/mol. The van der Waals surface area contributed by atoms with E-state index in [2.05, 4.69) is 43.7 Å². The minimum atomic E-state index is -2.88. The van der Waals surface area contributed by atoms with Gasteiger partial charge >= 0.3 is 6.61 Å². The molecule has 1 aliphatic rings. The van der Waals surface area contributed by atoms with Crippen molar-refractivity contribution in [2.45, 2.75) is 19.6 Å². The number of benzene rings is 2. The van der Waals surface area contributed by atoms with E-state index >= 15 is 0 Å². The standard InChI is InChI=1S/C27H24F2N6O.ClH/c28-26(29)36-24-4-2-1-3-19(24)16-35-12-9-18-14-32-27(34-25(18)35)33-20-5-6-23-21(13-20)22(15-31-23)17-7-10-30-11-8-17;/h1-7,9,12-15,26,30-31H,8,10-11,16H2,(H,32,33,34);1H. The van der Waals surface area contributed by atoms with E-state index in [1.165, 1.54) is 11.1 Å². The van der Waals surface area contributed by atoms with Gasteiger partial charge < -0.3 is 24.9 Å². The van der Waals surface area contributed by atoms with Crippen LogP contribution in [0.3, 0.4) is 0 Å². The van der Waals surface area contributed by atoms with Gasteiger partial charge in [0.2, 0.25) is 5.95 Å². The van der Waals surface area contributed by atoms with E-state index in [0.717, 1.165) is 41.5 Å². The van der Waals surface area contributed by atoms with Gasteiger partial charge in [0.25, 0.3) is 0 Å². The van der Waals surface area contributed by atoms with Crippen LogP contribution >= 0.6 is 12.4 Å². The fourth-order valence-electron chi connectivity index (χ4n) is 4.65. The second-order valence-electron chi connectivity index (χ2n) is 8.67. The summed E-state index contributed by atoms with van der Waals surface area (Å²) in [5.41, 5.74) is 5.84. The number of nitrogens with zero attached hydrogens (tertiary/aromatic N) is 3. The summed E-state index contributed by atoms with van der Waals surface area (Å²) >= 11 is 0. The third-order valence-corrected chi connectivity index (χ3v) is 6.38. The van der Waals surface area contributed by atoms with E-state index in [1.54, 1.807) is 30.5 Å². The lowest BCUT2D eigenvalue weighted by atomic mass is 9.99. The molecule has 0 saturated heterocycles. The van der Waals surface area contributed by atoms with Crippen LogP contribution in [0.15, 0.2) is 73.2 Å². The summed E-state index contributed by atoms with van der Waals surface area (Å²) in [4.78, 5) is 12.6. The molecule has 3 aromatic heterocycles. The molecule has 0 amide bonds. The van der Waals surface area contributed by atoms with Crippen LogP contribution in [0.25, 0.3) is 27.5 Å². The number of hydrogen-bond acceptors (Lipinski definition) is 5. The second-order valence-corrected chi connectivity index (χ2v) is 8.67. The molecule has 37 heavy (non-hydrogen) atoms. The summed E-state index contributed by atoms with van der Waals surface area (Å²) in [6.45, 7) is -0.685. The highest BCUT2D eigenvalue weighted by Crippen LogP contribution is 2.31. The number of anilines is 2. The SMILES string of the molecule is Cl.FC(F)Oc1ccccc1Cn1ccc2cnc(Nc3ccc4[nH]cc(C5=CCNCC5)c4c3)nc21. The lowest BCUT2D eigenvalue weighted by molar-refractivity contribution is -0.0504. The number of halogens is 3. The smallest absolute Gasteiger partial charge is 0.387 e. The second kappa shape index (κ2) is 10.6. The number of nitrogens with one attached hydrogen (secondary N) is 3. The Morgan fingerprint density at radius 2 is 2.03 bits per heavy atom. The molecule has 5 aromatic rings.